The van der Waals surface area contributed by atoms with Gasteiger partial charge in [-0.2, -0.15) is 0 Å². The number of anilines is 1. The lowest BCUT2D eigenvalue weighted by atomic mass is 10.1. The lowest BCUT2D eigenvalue weighted by Gasteiger charge is -2.33. The predicted octanol–water partition coefficient (Wildman–Crippen LogP) is 5.63. The first-order chi connectivity index (χ1) is 18.2. The molecule has 202 valence electrons. The molecular weight excluding hydrogens is 590 g/mol. The van der Waals surface area contributed by atoms with Gasteiger partial charge in [-0.25, -0.2) is 8.42 Å². The van der Waals surface area contributed by atoms with Crippen molar-refractivity contribution >= 4 is 55.1 Å². The Hall–Kier alpha value is -2.88. The molecule has 38 heavy (non-hydrogen) atoms. The maximum atomic E-state index is 13.9. The molecule has 0 radical (unpaired) electrons. The summed E-state index contributed by atoms with van der Waals surface area (Å²) in [5.41, 5.74) is 1.10. The van der Waals surface area contributed by atoms with Gasteiger partial charge in [-0.15, -0.1) is 0 Å². The van der Waals surface area contributed by atoms with Crippen LogP contribution in [0.25, 0.3) is 0 Å². The van der Waals surface area contributed by atoms with Gasteiger partial charge in [0.2, 0.25) is 11.8 Å². The first kappa shape index (κ1) is 29.7. The monoisotopic (exact) mass is 619 g/mol. The standard InChI is InChI=1S/C28H31BrClN3O4S/c1-3-18-31-28(35)26(4-2)32(19-21-10-14-23(30)15-11-21)27(34)20-33(24-16-12-22(29)13-17-24)38(36,37)25-8-6-5-7-9-25/h5-17,26H,3-4,18-20H2,1-2H3,(H,31,35)/t26-/m1/s1. The number of halogens is 2. The number of carbonyl (C=O) groups is 2. The van der Waals surface area contributed by atoms with Crippen molar-refractivity contribution in [3.05, 3.63) is 93.9 Å². The predicted molar refractivity (Wildman–Crippen MR) is 154 cm³/mol. The number of carbonyl (C=O) groups excluding carboxylic acids is 2. The highest BCUT2D eigenvalue weighted by molar-refractivity contribution is 9.10. The van der Waals surface area contributed by atoms with E-state index < -0.39 is 28.5 Å². The Morgan fingerprint density at radius 3 is 2.16 bits per heavy atom. The zero-order valence-electron chi connectivity index (χ0n) is 21.3. The van der Waals surface area contributed by atoms with Gasteiger partial charge in [-0.3, -0.25) is 13.9 Å². The van der Waals surface area contributed by atoms with Gasteiger partial charge in [-0.05, 0) is 66.9 Å². The summed E-state index contributed by atoms with van der Waals surface area (Å²) in [6.07, 6.45) is 1.11. The first-order valence-corrected chi connectivity index (χ1v) is 14.9. The summed E-state index contributed by atoms with van der Waals surface area (Å²) in [5.74, 6) is -0.779. The Morgan fingerprint density at radius 1 is 0.947 bits per heavy atom. The Bertz CT molecular complexity index is 1320. The number of hydrogen-bond donors (Lipinski definition) is 1. The molecule has 3 rings (SSSR count). The van der Waals surface area contributed by atoms with Gasteiger partial charge in [0.05, 0.1) is 10.6 Å². The van der Waals surface area contributed by atoms with E-state index in [9.17, 15) is 18.0 Å². The molecule has 0 aliphatic rings. The van der Waals surface area contributed by atoms with Crippen LogP contribution < -0.4 is 9.62 Å². The van der Waals surface area contributed by atoms with Gasteiger partial charge in [0.1, 0.15) is 12.6 Å². The number of amides is 2. The molecule has 0 spiro atoms. The summed E-state index contributed by atoms with van der Waals surface area (Å²) in [6.45, 7) is 3.89. The van der Waals surface area contributed by atoms with Gasteiger partial charge < -0.3 is 10.2 Å². The third kappa shape index (κ3) is 7.58. The Balaban J connectivity index is 2.02. The lowest BCUT2D eigenvalue weighted by molar-refractivity contribution is -0.140. The van der Waals surface area contributed by atoms with Gasteiger partial charge in [0.15, 0.2) is 0 Å². The number of nitrogens with zero attached hydrogens (tertiary/aromatic N) is 2. The molecule has 0 aliphatic carbocycles. The summed E-state index contributed by atoms with van der Waals surface area (Å²) in [4.78, 5) is 28.5. The molecule has 2 amide bonds. The van der Waals surface area contributed by atoms with Crippen molar-refractivity contribution in [3.8, 4) is 0 Å². The summed E-state index contributed by atoms with van der Waals surface area (Å²) < 4.78 is 29.3. The fraction of sp³-hybridized carbons (Fsp3) is 0.286. The van der Waals surface area contributed by atoms with Crippen LogP contribution >= 0.6 is 27.5 Å². The van der Waals surface area contributed by atoms with Crippen LogP contribution in [0.5, 0.6) is 0 Å². The first-order valence-electron chi connectivity index (χ1n) is 12.3. The van der Waals surface area contributed by atoms with E-state index in [1.165, 1.54) is 17.0 Å². The zero-order chi connectivity index (χ0) is 27.7. The van der Waals surface area contributed by atoms with Gasteiger partial charge in [-0.1, -0.05) is 71.7 Å². The van der Waals surface area contributed by atoms with Crippen LogP contribution in [-0.4, -0.2) is 44.3 Å². The quantitative estimate of drug-likeness (QED) is 0.284. The number of sulfonamides is 1. The summed E-state index contributed by atoms with van der Waals surface area (Å²) in [5, 5.41) is 3.42. The van der Waals surface area contributed by atoms with Crippen LogP contribution in [0.4, 0.5) is 5.69 Å². The van der Waals surface area contributed by atoms with Crippen molar-refractivity contribution < 1.29 is 18.0 Å². The van der Waals surface area contributed by atoms with Crippen molar-refractivity contribution in [2.24, 2.45) is 0 Å². The molecule has 1 N–H and O–H groups in total. The Morgan fingerprint density at radius 2 is 1.58 bits per heavy atom. The number of benzene rings is 3. The fourth-order valence-electron chi connectivity index (χ4n) is 3.93. The highest BCUT2D eigenvalue weighted by atomic mass is 79.9. The van der Waals surface area contributed by atoms with Crippen molar-refractivity contribution in [3.63, 3.8) is 0 Å². The molecule has 3 aromatic rings. The Labute approximate surface area is 238 Å². The SMILES string of the molecule is CCCNC(=O)[C@@H](CC)N(Cc1ccc(Cl)cc1)C(=O)CN(c1ccc(Br)cc1)S(=O)(=O)c1ccccc1. The van der Waals surface area contributed by atoms with Crippen molar-refractivity contribution in [1.29, 1.82) is 0 Å². The molecular formula is C28H31BrClN3O4S. The third-order valence-corrected chi connectivity index (χ3v) is 8.49. The highest BCUT2D eigenvalue weighted by Crippen LogP contribution is 2.26. The Kier molecular flexibility index (Phi) is 10.8. The average molecular weight is 621 g/mol. The maximum Gasteiger partial charge on any atom is 0.264 e. The second kappa shape index (κ2) is 13.8. The van der Waals surface area contributed by atoms with E-state index >= 15 is 0 Å². The van der Waals surface area contributed by atoms with E-state index in [4.69, 9.17) is 11.6 Å². The molecule has 0 unspecified atom stereocenters. The molecule has 0 bridgehead atoms. The second-order valence-electron chi connectivity index (χ2n) is 8.66. The second-order valence-corrected chi connectivity index (χ2v) is 11.9. The molecule has 0 saturated carbocycles. The van der Waals surface area contributed by atoms with E-state index in [2.05, 4.69) is 21.2 Å². The minimum absolute atomic E-state index is 0.0627. The molecule has 3 aromatic carbocycles. The van der Waals surface area contributed by atoms with Gasteiger partial charge >= 0.3 is 0 Å². The smallest absolute Gasteiger partial charge is 0.264 e. The molecule has 1 atom stereocenters. The summed E-state index contributed by atoms with van der Waals surface area (Å²) >= 11 is 9.42. The molecule has 0 aliphatic heterocycles. The minimum Gasteiger partial charge on any atom is -0.354 e. The van der Waals surface area contributed by atoms with E-state index in [0.29, 0.717) is 23.7 Å². The molecule has 0 saturated heterocycles. The van der Waals surface area contributed by atoms with E-state index in [1.54, 1.807) is 66.7 Å². The van der Waals surface area contributed by atoms with Crippen LogP contribution in [0.3, 0.4) is 0 Å². The summed E-state index contributed by atoms with van der Waals surface area (Å²) in [7, 11) is -4.09. The number of hydrogen-bond acceptors (Lipinski definition) is 4. The number of nitrogens with one attached hydrogen (secondary N) is 1. The van der Waals surface area contributed by atoms with Crippen molar-refractivity contribution in [1.82, 2.24) is 10.2 Å². The zero-order valence-corrected chi connectivity index (χ0v) is 24.5. The summed E-state index contributed by atoms with van der Waals surface area (Å²) in [6, 6.07) is 20.9. The average Bonchev–Trinajstić information content (AvgIpc) is 2.92. The van der Waals surface area contributed by atoms with Crippen molar-refractivity contribution in [2.75, 3.05) is 17.4 Å². The van der Waals surface area contributed by atoms with Gasteiger partial charge in [0.25, 0.3) is 10.0 Å². The third-order valence-electron chi connectivity index (χ3n) is 5.93. The normalized spacial score (nSPS) is 12.0. The topological polar surface area (TPSA) is 86.8 Å². The minimum atomic E-state index is -4.09. The van der Waals surface area contributed by atoms with Crippen LogP contribution in [0.2, 0.25) is 5.02 Å². The van der Waals surface area contributed by atoms with E-state index in [-0.39, 0.29) is 17.3 Å². The van der Waals surface area contributed by atoms with E-state index in [0.717, 1.165) is 20.8 Å². The maximum absolute atomic E-state index is 13.9. The number of rotatable bonds is 12. The van der Waals surface area contributed by atoms with Crippen LogP contribution in [0, 0.1) is 0 Å². The van der Waals surface area contributed by atoms with Gasteiger partial charge in [0, 0.05) is 22.6 Å². The van der Waals surface area contributed by atoms with Crippen LogP contribution in [0.15, 0.2) is 88.2 Å². The fourth-order valence-corrected chi connectivity index (χ4v) is 5.75. The largest absolute Gasteiger partial charge is 0.354 e. The van der Waals surface area contributed by atoms with E-state index in [1.807, 2.05) is 13.8 Å². The highest BCUT2D eigenvalue weighted by Gasteiger charge is 2.33. The molecule has 7 nitrogen and oxygen atoms in total. The molecule has 10 heteroatoms. The van der Waals surface area contributed by atoms with Crippen molar-refractivity contribution in [2.45, 2.75) is 44.2 Å². The lowest BCUT2D eigenvalue weighted by Crippen LogP contribution is -2.52. The molecule has 0 heterocycles. The van der Waals surface area contributed by atoms with Crippen LogP contribution in [-0.2, 0) is 26.2 Å². The molecule has 0 aromatic heterocycles. The molecule has 0 fully saturated rings. The van der Waals surface area contributed by atoms with Crippen LogP contribution in [0.1, 0.15) is 32.3 Å².